The number of rotatable bonds is 5. The van der Waals surface area contributed by atoms with Crippen molar-refractivity contribution in [1.29, 1.82) is 0 Å². The van der Waals surface area contributed by atoms with E-state index in [2.05, 4.69) is 19.9 Å². The number of H-pyrrole nitrogens is 1. The normalized spacial score (nSPS) is 11.1. The number of aromatic nitrogens is 4. The summed E-state index contributed by atoms with van der Waals surface area (Å²) in [7, 11) is 0. The second-order valence-corrected chi connectivity index (χ2v) is 7.28. The average Bonchev–Trinajstić information content (AvgIpc) is 3.16. The molecule has 0 saturated carbocycles. The lowest BCUT2D eigenvalue weighted by molar-refractivity contribution is 0.306. The summed E-state index contributed by atoms with van der Waals surface area (Å²) in [6.07, 6.45) is 3.50. The summed E-state index contributed by atoms with van der Waals surface area (Å²) in [4.78, 5) is 16.3. The van der Waals surface area contributed by atoms with Gasteiger partial charge >= 0.3 is 0 Å². The lowest BCUT2D eigenvalue weighted by atomic mass is 10.1. The second-order valence-electron chi connectivity index (χ2n) is 5.70. The Morgan fingerprint density at radius 3 is 2.67 bits per heavy atom. The molecule has 5 nitrogen and oxygen atoms in total. The molecule has 4 aromatic rings. The molecule has 0 radical (unpaired) electrons. The number of imidazole rings is 1. The van der Waals surface area contributed by atoms with Gasteiger partial charge in [-0.3, -0.25) is 0 Å². The van der Waals surface area contributed by atoms with E-state index in [4.69, 9.17) is 27.9 Å². The summed E-state index contributed by atoms with van der Waals surface area (Å²) in [6, 6.07) is 13.4. The summed E-state index contributed by atoms with van der Waals surface area (Å²) in [6.45, 7) is 0.404. The van der Waals surface area contributed by atoms with Crippen molar-refractivity contribution in [2.24, 2.45) is 0 Å². The Morgan fingerprint density at radius 2 is 1.89 bits per heavy atom. The molecule has 0 spiro atoms. The third kappa shape index (κ3) is 3.74. The van der Waals surface area contributed by atoms with Gasteiger partial charge in [-0.25, -0.2) is 15.0 Å². The van der Waals surface area contributed by atoms with E-state index in [0.29, 0.717) is 50.0 Å². The van der Waals surface area contributed by atoms with Gasteiger partial charge in [-0.2, -0.15) is 0 Å². The van der Waals surface area contributed by atoms with Crippen molar-refractivity contribution in [3.63, 3.8) is 0 Å². The highest BCUT2D eigenvalue weighted by atomic mass is 35.5. The predicted octanol–water partition coefficient (Wildman–Crippen LogP) is 5.63. The standard InChI is InChI=1S/C19H14Cl2N4OS/c1-27-19-24-16(17-18(25-19)23-10-22-17)12-7-15(14(21)8-13(12)20)26-9-11-5-3-2-4-6-11/h2-8,10H,9H2,1H3,(H,22,23,24,25). The minimum absolute atomic E-state index is 0.404. The number of aromatic amines is 1. The molecule has 0 unspecified atom stereocenters. The zero-order chi connectivity index (χ0) is 18.8. The van der Waals surface area contributed by atoms with Crippen LogP contribution in [0.2, 0.25) is 10.0 Å². The lowest BCUT2D eigenvalue weighted by Gasteiger charge is -2.12. The van der Waals surface area contributed by atoms with Crippen molar-refractivity contribution < 1.29 is 4.74 Å². The predicted molar refractivity (Wildman–Crippen MR) is 110 cm³/mol. The number of halogens is 2. The fourth-order valence-electron chi connectivity index (χ4n) is 2.66. The molecule has 0 amide bonds. The number of nitrogens with zero attached hydrogens (tertiary/aromatic N) is 3. The van der Waals surface area contributed by atoms with Crippen molar-refractivity contribution in [3.05, 3.63) is 64.4 Å². The number of thioether (sulfide) groups is 1. The SMILES string of the molecule is CSc1nc(-c2cc(OCc3ccccc3)c(Cl)cc2Cl)c2[nH]cnc2n1. The second kappa shape index (κ2) is 7.76. The average molecular weight is 417 g/mol. The van der Waals surface area contributed by atoms with Crippen LogP contribution in [0.5, 0.6) is 5.75 Å². The zero-order valence-corrected chi connectivity index (χ0v) is 16.6. The lowest BCUT2D eigenvalue weighted by Crippen LogP contribution is -1.98. The van der Waals surface area contributed by atoms with Crippen molar-refractivity contribution in [3.8, 4) is 17.0 Å². The Hall–Kier alpha value is -2.28. The summed E-state index contributed by atoms with van der Waals surface area (Å²) in [5.41, 5.74) is 3.71. The number of hydrogen-bond donors (Lipinski definition) is 1. The van der Waals surface area contributed by atoms with Gasteiger partial charge in [0, 0.05) is 5.56 Å². The molecule has 1 N–H and O–H groups in total. The Kier molecular flexibility index (Phi) is 5.20. The number of hydrogen-bond acceptors (Lipinski definition) is 5. The Labute approximate surface area is 170 Å². The van der Waals surface area contributed by atoms with Gasteiger partial charge in [-0.15, -0.1) is 0 Å². The van der Waals surface area contributed by atoms with Crippen LogP contribution in [0.25, 0.3) is 22.4 Å². The first-order valence-corrected chi connectivity index (χ1v) is 10.0. The maximum atomic E-state index is 6.47. The van der Waals surface area contributed by atoms with E-state index in [1.807, 2.05) is 36.6 Å². The number of fused-ring (bicyclic) bond motifs is 1. The van der Waals surface area contributed by atoms with Crippen LogP contribution in [0.3, 0.4) is 0 Å². The van der Waals surface area contributed by atoms with E-state index < -0.39 is 0 Å². The van der Waals surface area contributed by atoms with Gasteiger partial charge in [0.05, 0.1) is 16.4 Å². The van der Waals surface area contributed by atoms with Crippen LogP contribution in [0.15, 0.2) is 53.9 Å². The van der Waals surface area contributed by atoms with Gasteiger partial charge in [0.2, 0.25) is 0 Å². The van der Waals surface area contributed by atoms with Crippen LogP contribution in [0.1, 0.15) is 5.56 Å². The van der Waals surface area contributed by atoms with Crippen LogP contribution >= 0.6 is 35.0 Å². The molecule has 4 rings (SSSR count). The molecule has 0 atom stereocenters. The molecular weight excluding hydrogens is 403 g/mol. The highest BCUT2D eigenvalue weighted by Crippen LogP contribution is 2.38. The maximum Gasteiger partial charge on any atom is 0.190 e. The van der Waals surface area contributed by atoms with Crippen molar-refractivity contribution in [2.75, 3.05) is 6.26 Å². The van der Waals surface area contributed by atoms with E-state index in [-0.39, 0.29) is 0 Å². The van der Waals surface area contributed by atoms with Crippen molar-refractivity contribution in [1.82, 2.24) is 19.9 Å². The summed E-state index contributed by atoms with van der Waals surface area (Å²) in [5, 5.41) is 1.54. The number of nitrogens with one attached hydrogen (secondary N) is 1. The van der Waals surface area contributed by atoms with Crippen LogP contribution < -0.4 is 4.74 Å². The molecule has 27 heavy (non-hydrogen) atoms. The molecule has 2 aromatic heterocycles. The first kappa shape index (κ1) is 18.1. The van der Waals surface area contributed by atoms with Gasteiger partial charge in [0.1, 0.15) is 23.6 Å². The molecule has 0 aliphatic heterocycles. The van der Waals surface area contributed by atoms with Gasteiger partial charge in [0.15, 0.2) is 10.8 Å². The van der Waals surface area contributed by atoms with Crippen LogP contribution in [-0.4, -0.2) is 26.2 Å². The van der Waals surface area contributed by atoms with Crippen LogP contribution in [0, 0.1) is 0 Å². The molecule has 2 heterocycles. The van der Waals surface area contributed by atoms with Gasteiger partial charge in [-0.05, 0) is 24.0 Å². The molecule has 136 valence electrons. The van der Waals surface area contributed by atoms with Crippen LogP contribution in [0.4, 0.5) is 0 Å². The fourth-order valence-corrected chi connectivity index (χ4v) is 3.54. The van der Waals surface area contributed by atoms with Crippen molar-refractivity contribution in [2.45, 2.75) is 11.8 Å². The van der Waals surface area contributed by atoms with Crippen LogP contribution in [-0.2, 0) is 6.61 Å². The first-order chi connectivity index (χ1) is 13.2. The van der Waals surface area contributed by atoms with E-state index >= 15 is 0 Å². The maximum absolute atomic E-state index is 6.47. The number of benzene rings is 2. The van der Waals surface area contributed by atoms with E-state index in [1.165, 1.54) is 11.8 Å². The number of ether oxygens (including phenoxy) is 1. The molecular formula is C19H14Cl2N4OS. The summed E-state index contributed by atoms with van der Waals surface area (Å²) in [5.74, 6) is 0.539. The molecule has 0 bridgehead atoms. The quantitative estimate of drug-likeness (QED) is 0.337. The zero-order valence-electron chi connectivity index (χ0n) is 14.2. The molecule has 0 aliphatic carbocycles. The monoisotopic (exact) mass is 416 g/mol. The fraction of sp³-hybridized carbons (Fsp3) is 0.105. The van der Waals surface area contributed by atoms with E-state index in [9.17, 15) is 0 Å². The highest BCUT2D eigenvalue weighted by molar-refractivity contribution is 7.98. The Morgan fingerprint density at radius 1 is 1.07 bits per heavy atom. The molecule has 0 fully saturated rings. The molecule has 2 aromatic carbocycles. The molecule has 0 aliphatic rings. The highest BCUT2D eigenvalue weighted by Gasteiger charge is 2.17. The summed E-state index contributed by atoms with van der Waals surface area (Å²) >= 11 is 14.3. The van der Waals surface area contributed by atoms with Gasteiger partial charge < -0.3 is 9.72 Å². The Balaban J connectivity index is 1.76. The topological polar surface area (TPSA) is 63.7 Å². The minimum Gasteiger partial charge on any atom is -0.487 e. The third-order valence-corrected chi connectivity index (χ3v) is 5.12. The van der Waals surface area contributed by atoms with Gasteiger partial charge in [0.25, 0.3) is 0 Å². The van der Waals surface area contributed by atoms with Crippen molar-refractivity contribution >= 4 is 46.1 Å². The molecule has 8 heteroatoms. The smallest absolute Gasteiger partial charge is 0.190 e. The largest absolute Gasteiger partial charge is 0.487 e. The third-order valence-electron chi connectivity index (χ3n) is 3.96. The minimum atomic E-state index is 0.404. The Bertz CT molecular complexity index is 1100. The first-order valence-electron chi connectivity index (χ1n) is 8.07. The van der Waals surface area contributed by atoms with E-state index in [1.54, 1.807) is 18.5 Å². The van der Waals surface area contributed by atoms with Gasteiger partial charge in [-0.1, -0.05) is 65.3 Å². The molecule has 0 saturated heterocycles. The van der Waals surface area contributed by atoms with E-state index in [0.717, 1.165) is 5.56 Å². The summed E-state index contributed by atoms with van der Waals surface area (Å²) < 4.78 is 5.93.